The highest BCUT2D eigenvalue weighted by Gasteiger charge is 2.14. The van der Waals surface area contributed by atoms with Gasteiger partial charge in [-0.3, -0.25) is 0 Å². The van der Waals surface area contributed by atoms with Crippen LogP contribution in [-0.4, -0.2) is 20.2 Å². The first-order valence-corrected chi connectivity index (χ1v) is 8.90. The Morgan fingerprint density at radius 3 is 1.93 bits per heavy atom. The van der Waals surface area contributed by atoms with Crippen molar-refractivity contribution < 1.29 is 14.3 Å². The maximum atomic E-state index is 12.3. The van der Waals surface area contributed by atoms with Gasteiger partial charge in [-0.05, 0) is 28.3 Å². The molecule has 4 aromatic rings. The second kappa shape index (κ2) is 7.46. The lowest BCUT2D eigenvalue weighted by atomic mass is 9.98. The summed E-state index contributed by atoms with van der Waals surface area (Å²) in [6, 6.07) is 23.5. The largest absolute Gasteiger partial charge is 0.495 e. The van der Waals surface area contributed by atoms with Gasteiger partial charge in [0.2, 0.25) is 0 Å². The number of ether oxygens (including phenoxy) is 2. The summed E-state index contributed by atoms with van der Waals surface area (Å²) in [6.45, 7) is 0. The highest BCUT2D eigenvalue weighted by atomic mass is 16.5. The molecule has 0 bridgehead atoms. The highest BCUT2D eigenvalue weighted by Crippen LogP contribution is 2.28. The van der Waals surface area contributed by atoms with E-state index in [1.54, 1.807) is 13.2 Å². The standard InChI is InChI=1S/C25H18O3/c1-27-24-16-12-18-8-4-6-10-20(18)22(24)15-14-21-19-9-5-3-7-17(19)11-13-23(21)25(26)28-2/h3-13,16H,1-2H3. The molecular formula is C25H18O3. The fourth-order valence-electron chi connectivity index (χ4n) is 3.36. The lowest BCUT2D eigenvalue weighted by molar-refractivity contribution is 0.0600. The Bertz CT molecular complexity index is 1260. The fraction of sp³-hybridized carbons (Fsp3) is 0.0800. The van der Waals surface area contributed by atoms with Gasteiger partial charge in [-0.1, -0.05) is 72.5 Å². The maximum absolute atomic E-state index is 12.3. The molecule has 0 heterocycles. The summed E-state index contributed by atoms with van der Waals surface area (Å²) < 4.78 is 10.5. The molecule has 4 aromatic carbocycles. The summed E-state index contributed by atoms with van der Waals surface area (Å²) in [4.78, 5) is 12.3. The van der Waals surface area contributed by atoms with Gasteiger partial charge in [-0.25, -0.2) is 4.79 Å². The molecule has 0 saturated heterocycles. The van der Waals surface area contributed by atoms with Crippen molar-refractivity contribution in [3.8, 4) is 17.6 Å². The van der Waals surface area contributed by atoms with E-state index in [2.05, 4.69) is 11.8 Å². The third-order valence-corrected chi connectivity index (χ3v) is 4.76. The van der Waals surface area contributed by atoms with E-state index in [1.165, 1.54) is 7.11 Å². The van der Waals surface area contributed by atoms with Gasteiger partial charge in [0, 0.05) is 10.9 Å². The molecule has 0 spiro atoms. The Balaban J connectivity index is 1.99. The number of methoxy groups -OCH3 is 2. The van der Waals surface area contributed by atoms with E-state index in [4.69, 9.17) is 9.47 Å². The SMILES string of the molecule is COC(=O)c1ccc2ccccc2c1C#Cc1c(OC)ccc2ccccc12. The number of rotatable bonds is 2. The molecule has 0 fully saturated rings. The summed E-state index contributed by atoms with van der Waals surface area (Å²) in [7, 11) is 3.01. The van der Waals surface area contributed by atoms with E-state index in [0.29, 0.717) is 16.9 Å². The van der Waals surface area contributed by atoms with Crippen LogP contribution in [0.5, 0.6) is 5.75 Å². The molecule has 0 radical (unpaired) electrons. The molecule has 0 N–H and O–H groups in total. The minimum absolute atomic E-state index is 0.403. The second-order valence-electron chi connectivity index (χ2n) is 6.31. The van der Waals surface area contributed by atoms with Crippen molar-refractivity contribution in [2.45, 2.75) is 0 Å². The van der Waals surface area contributed by atoms with Crippen LogP contribution in [-0.2, 0) is 4.74 Å². The minimum Gasteiger partial charge on any atom is -0.495 e. The van der Waals surface area contributed by atoms with Crippen LogP contribution in [0.4, 0.5) is 0 Å². The van der Waals surface area contributed by atoms with E-state index >= 15 is 0 Å². The molecule has 0 aliphatic heterocycles. The van der Waals surface area contributed by atoms with Crippen molar-refractivity contribution >= 4 is 27.5 Å². The fourth-order valence-corrected chi connectivity index (χ4v) is 3.36. The van der Waals surface area contributed by atoms with E-state index < -0.39 is 5.97 Å². The number of hydrogen-bond donors (Lipinski definition) is 0. The third kappa shape index (κ3) is 3.06. The predicted molar refractivity (Wildman–Crippen MR) is 112 cm³/mol. The summed E-state index contributed by atoms with van der Waals surface area (Å²) in [5, 5.41) is 4.02. The molecular weight excluding hydrogens is 348 g/mol. The van der Waals surface area contributed by atoms with E-state index in [-0.39, 0.29) is 0 Å². The molecule has 0 unspecified atom stereocenters. The molecule has 0 aromatic heterocycles. The lowest BCUT2D eigenvalue weighted by Gasteiger charge is -2.08. The van der Waals surface area contributed by atoms with Crippen molar-refractivity contribution in [1.29, 1.82) is 0 Å². The van der Waals surface area contributed by atoms with Gasteiger partial charge in [0.15, 0.2) is 0 Å². The minimum atomic E-state index is -0.403. The molecule has 3 nitrogen and oxygen atoms in total. The Kier molecular flexibility index (Phi) is 4.70. The number of benzene rings is 4. The molecule has 28 heavy (non-hydrogen) atoms. The number of esters is 1. The van der Waals surface area contributed by atoms with Crippen molar-refractivity contribution in [1.82, 2.24) is 0 Å². The average Bonchev–Trinajstić information content (AvgIpc) is 2.76. The number of carbonyl (C=O) groups excluding carboxylic acids is 1. The van der Waals surface area contributed by atoms with Gasteiger partial charge in [0.05, 0.1) is 25.3 Å². The molecule has 3 heteroatoms. The van der Waals surface area contributed by atoms with Crippen molar-refractivity contribution in [3.05, 3.63) is 89.5 Å². The van der Waals surface area contributed by atoms with Gasteiger partial charge in [0.1, 0.15) is 5.75 Å². The van der Waals surface area contributed by atoms with Crippen LogP contribution >= 0.6 is 0 Å². The first-order valence-electron chi connectivity index (χ1n) is 8.90. The number of fused-ring (bicyclic) bond motifs is 2. The van der Waals surface area contributed by atoms with E-state index in [9.17, 15) is 4.79 Å². The Morgan fingerprint density at radius 2 is 1.29 bits per heavy atom. The monoisotopic (exact) mass is 366 g/mol. The Hall–Kier alpha value is -3.77. The van der Waals surface area contributed by atoms with Gasteiger partial charge in [-0.15, -0.1) is 0 Å². The molecule has 0 saturated carbocycles. The first-order chi connectivity index (χ1) is 13.7. The Labute approximate surface area is 163 Å². The molecule has 136 valence electrons. The van der Waals surface area contributed by atoms with Crippen LogP contribution in [0.15, 0.2) is 72.8 Å². The smallest absolute Gasteiger partial charge is 0.339 e. The van der Waals surface area contributed by atoms with Crippen LogP contribution < -0.4 is 4.74 Å². The van der Waals surface area contributed by atoms with Crippen LogP contribution in [0.2, 0.25) is 0 Å². The summed E-state index contributed by atoms with van der Waals surface area (Å²) >= 11 is 0. The van der Waals surface area contributed by atoms with Crippen LogP contribution in [0, 0.1) is 11.8 Å². The zero-order valence-corrected chi connectivity index (χ0v) is 15.7. The molecule has 0 aliphatic rings. The zero-order chi connectivity index (χ0) is 19.5. The lowest BCUT2D eigenvalue weighted by Crippen LogP contribution is -2.04. The van der Waals surface area contributed by atoms with Crippen molar-refractivity contribution in [3.63, 3.8) is 0 Å². The number of carbonyl (C=O) groups is 1. The third-order valence-electron chi connectivity index (χ3n) is 4.76. The molecule has 0 amide bonds. The zero-order valence-electron chi connectivity index (χ0n) is 15.7. The maximum Gasteiger partial charge on any atom is 0.339 e. The highest BCUT2D eigenvalue weighted by molar-refractivity contribution is 6.01. The van der Waals surface area contributed by atoms with Gasteiger partial charge in [0.25, 0.3) is 0 Å². The van der Waals surface area contributed by atoms with E-state index in [1.807, 2.05) is 66.7 Å². The van der Waals surface area contributed by atoms with Gasteiger partial charge < -0.3 is 9.47 Å². The summed E-state index contributed by atoms with van der Waals surface area (Å²) in [6.07, 6.45) is 0. The van der Waals surface area contributed by atoms with Gasteiger partial charge in [-0.2, -0.15) is 0 Å². The molecule has 0 aliphatic carbocycles. The van der Waals surface area contributed by atoms with Crippen molar-refractivity contribution in [2.24, 2.45) is 0 Å². The second-order valence-corrected chi connectivity index (χ2v) is 6.31. The summed E-state index contributed by atoms with van der Waals surface area (Å²) in [5.41, 5.74) is 1.90. The van der Waals surface area contributed by atoms with Crippen LogP contribution in [0.3, 0.4) is 0 Å². The predicted octanol–water partition coefficient (Wildman–Crippen LogP) is 5.19. The molecule has 4 rings (SSSR count). The van der Waals surface area contributed by atoms with Crippen molar-refractivity contribution in [2.75, 3.05) is 14.2 Å². The normalized spacial score (nSPS) is 10.4. The first kappa shape index (κ1) is 17.6. The Morgan fingerprint density at radius 1 is 0.714 bits per heavy atom. The number of hydrogen-bond acceptors (Lipinski definition) is 3. The van der Waals surface area contributed by atoms with Crippen LogP contribution in [0.25, 0.3) is 21.5 Å². The van der Waals surface area contributed by atoms with E-state index in [0.717, 1.165) is 27.1 Å². The summed E-state index contributed by atoms with van der Waals surface area (Å²) in [5.74, 6) is 6.77. The van der Waals surface area contributed by atoms with Crippen LogP contribution in [0.1, 0.15) is 21.5 Å². The molecule has 0 atom stereocenters. The average molecular weight is 366 g/mol. The topological polar surface area (TPSA) is 35.5 Å². The van der Waals surface area contributed by atoms with Gasteiger partial charge >= 0.3 is 5.97 Å². The quantitative estimate of drug-likeness (QED) is 0.362.